The van der Waals surface area contributed by atoms with Gasteiger partial charge in [-0.15, -0.1) is 11.8 Å². The number of anilines is 1. The SMILES string of the molecule is CSc1ccccc1NS(=O)(=O)c1ccc(F)c(F)c1F. The first-order valence-electron chi connectivity index (χ1n) is 5.66. The van der Waals surface area contributed by atoms with Gasteiger partial charge in [-0.2, -0.15) is 0 Å². The van der Waals surface area contributed by atoms with Gasteiger partial charge in [0, 0.05) is 4.90 Å². The zero-order chi connectivity index (χ0) is 15.6. The Morgan fingerprint density at radius 1 is 1.00 bits per heavy atom. The quantitative estimate of drug-likeness (QED) is 0.686. The van der Waals surface area contributed by atoms with E-state index < -0.39 is 32.4 Å². The fourth-order valence-electron chi connectivity index (χ4n) is 1.64. The molecule has 0 spiro atoms. The Hall–Kier alpha value is -1.67. The summed E-state index contributed by atoms with van der Waals surface area (Å²) in [7, 11) is -4.36. The summed E-state index contributed by atoms with van der Waals surface area (Å²) in [4.78, 5) is -0.332. The minimum Gasteiger partial charge on any atom is -0.278 e. The molecule has 0 saturated carbocycles. The van der Waals surface area contributed by atoms with Gasteiger partial charge in [0.25, 0.3) is 10.0 Å². The molecule has 0 aliphatic rings. The molecule has 21 heavy (non-hydrogen) atoms. The van der Waals surface area contributed by atoms with E-state index >= 15 is 0 Å². The number of sulfonamides is 1. The Bertz CT molecular complexity index is 779. The van der Waals surface area contributed by atoms with Gasteiger partial charge in [-0.05, 0) is 30.5 Å². The Labute approximate surface area is 124 Å². The molecule has 2 aromatic rings. The lowest BCUT2D eigenvalue weighted by Crippen LogP contribution is -2.16. The van der Waals surface area contributed by atoms with Crippen LogP contribution in [0.25, 0.3) is 0 Å². The molecule has 2 aromatic carbocycles. The van der Waals surface area contributed by atoms with Crippen molar-refractivity contribution >= 4 is 27.5 Å². The molecular weight excluding hydrogens is 323 g/mol. The van der Waals surface area contributed by atoms with Crippen LogP contribution in [0.5, 0.6) is 0 Å². The van der Waals surface area contributed by atoms with E-state index in [-0.39, 0.29) is 5.69 Å². The molecule has 0 aromatic heterocycles. The van der Waals surface area contributed by atoms with Crippen LogP contribution in [0.2, 0.25) is 0 Å². The molecule has 0 fully saturated rings. The highest BCUT2D eigenvalue weighted by Crippen LogP contribution is 2.28. The second-order valence-electron chi connectivity index (χ2n) is 3.98. The first kappa shape index (κ1) is 15.7. The minimum absolute atomic E-state index is 0.231. The van der Waals surface area contributed by atoms with Crippen LogP contribution >= 0.6 is 11.8 Å². The second kappa shape index (κ2) is 5.98. The fourth-order valence-corrected chi connectivity index (χ4v) is 3.41. The molecule has 0 unspecified atom stereocenters. The predicted molar refractivity (Wildman–Crippen MR) is 75.3 cm³/mol. The third kappa shape index (κ3) is 3.16. The number of hydrogen-bond donors (Lipinski definition) is 1. The normalized spacial score (nSPS) is 11.4. The molecule has 0 atom stereocenters. The van der Waals surface area contributed by atoms with Crippen LogP contribution < -0.4 is 4.72 Å². The van der Waals surface area contributed by atoms with E-state index in [0.29, 0.717) is 17.0 Å². The highest BCUT2D eigenvalue weighted by molar-refractivity contribution is 7.99. The van der Waals surface area contributed by atoms with E-state index in [2.05, 4.69) is 4.72 Å². The van der Waals surface area contributed by atoms with Crippen molar-refractivity contribution in [3.8, 4) is 0 Å². The summed E-state index contributed by atoms with van der Waals surface area (Å²) in [6, 6.07) is 7.71. The zero-order valence-electron chi connectivity index (χ0n) is 10.7. The van der Waals surface area contributed by atoms with E-state index in [0.717, 1.165) is 0 Å². The maximum atomic E-state index is 13.6. The first-order valence-corrected chi connectivity index (χ1v) is 8.37. The van der Waals surface area contributed by atoms with Gasteiger partial charge in [0.1, 0.15) is 4.90 Å². The van der Waals surface area contributed by atoms with Gasteiger partial charge in [0.15, 0.2) is 17.5 Å². The van der Waals surface area contributed by atoms with Gasteiger partial charge in [-0.25, -0.2) is 21.6 Å². The lowest BCUT2D eigenvalue weighted by molar-refractivity contribution is 0.432. The van der Waals surface area contributed by atoms with Crippen LogP contribution in [0.1, 0.15) is 0 Å². The van der Waals surface area contributed by atoms with Crippen molar-refractivity contribution in [3.63, 3.8) is 0 Å². The van der Waals surface area contributed by atoms with Crippen LogP contribution in [0.3, 0.4) is 0 Å². The van der Waals surface area contributed by atoms with E-state index in [4.69, 9.17) is 0 Å². The molecule has 0 amide bonds. The highest BCUT2D eigenvalue weighted by atomic mass is 32.2. The summed E-state index contributed by atoms with van der Waals surface area (Å²) < 4.78 is 66.0. The number of rotatable bonds is 4. The molecule has 0 heterocycles. The van der Waals surface area contributed by atoms with Gasteiger partial charge in [-0.1, -0.05) is 12.1 Å². The number of benzene rings is 2. The first-order chi connectivity index (χ1) is 9.86. The monoisotopic (exact) mass is 333 g/mol. The Kier molecular flexibility index (Phi) is 4.48. The number of nitrogens with one attached hydrogen (secondary N) is 1. The van der Waals surface area contributed by atoms with Crippen molar-refractivity contribution in [2.75, 3.05) is 11.0 Å². The number of para-hydroxylation sites is 1. The van der Waals surface area contributed by atoms with E-state index in [9.17, 15) is 21.6 Å². The zero-order valence-corrected chi connectivity index (χ0v) is 12.4. The summed E-state index contributed by atoms with van der Waals surface area (Å²) in [6.45, 7) is 0. The molecule has 2 rings (SSSR count). The third-order valence-electron chi connectivity index (χ3n) is 2.64. The largest absolute Gasteiger partial charge is 0.278 e. The van der Waals surface area contributed by atoms with E-state index in [1.165, 1.54) is 17.8 Å². The lowest BCUT2D eigenvalue weighted by Gasteiger charge is -2.12. The number of hydrogen-bond acceptors (Lipinski definition) is 3. The van der Waals surface area contributed by atoms with E-state index in [1.54, 1.807) is 24.5 Å². The maximum Gasteiger partial charge on any atom is 0.264 e. The highest BCUT2D eigenvalue weighted by Gasteiger charge is 2.24. The Balaban J connectivity index is 2.46. The van der Waals surface area contributed by atoms with Gasteiger partial charge in [0.05, 0.1) is 5.69 Å². The van der Waals surface area contributed by atoms with Crippen molar-refractivity contribution in [2.24, 2.45) is 0 Å². The van der Waals surface area contributed by atoms with Crippen molar-refractivity contribution in [3.05, 3.63) is 53.8 Å². The molecule has 0 aliphatic heterocycles. The molecule has 8 heteroatoms. The average molecular weight is 333 g/mol. The average Bonchev–Trinajstić information content (AvgIpc) is 2.44. The van der Waals surface area contributed by atoms with Gasteiger partial charge in [-0.3, -0.25) is 4.72 Å². The summed E-state index contributed by atoms with van der Waals surface area (Å²) >= 11 is 1.29. The maximum absolute atomic E-state index is 13.6. The van der Waals surface area contributed by atoms with Crippen molar-refractivity contribution in [1.82, 2.24) is 0 Å². The molecule has 3 nitrogen and oxygen atoms in total. The minimum atomic E-state index is -4.36. The summed E-state index contributed by atoms with van der Waals surface area (Å²) in [5.41, 5.74) is 0.231. The van der Waals surface area contributed by atoms with Gasteiger partial charge >= 0.3 is 0 Å². The van der Waals surface area contributed by atoms with Crippen LogP contribution in [0.15, 0.2) is 46.2 Å². The van der Waals surface area contributed by atoms with Crippen molar-refractivity contribution < 1.29 is 21.6 Å². The number of thioether (sulfide) groups is 1. The third-order valence-corrected chi connectivity index (χ3v) is 4.82. The molecule has 1 N–H and O–H groups in total. The summed E-state index contributed by atoms with van der Waals surface area (Å²) in [6.07, 6.45) is 1.74. The standard InChI is InChI=1S/C13H10F3NO2S2/c1-20-10-5-3-2-4-9(10)17-21(18,19)11-7-6-8(14)12(15)13(11)16/h2-7,17H,1H3. The summed E-state index contributed by atoms with van der Waals surface area (Å²) in [5.74, 6) is -5.02. The van der Waals surface area contributed by atoms with Crippen LogP contribution in [-0.4, -0.2) is 14.7 Å². The van der Waals surface area contributed by atoms with Crippen molar-refractivity contribution in [2.45, 2.75) is 9.79 Å². The van der Waals surface area contributed by atoms with E-state index in [1.807, 2.05) is 0 Å². The van der Waals surface area contributed by atoms with Crippen LogP contribution in [0, 0.1) is 17.5 Å². The Morgan fingerprint density at radius 3 is 2.33 bits per heavy atom. The second-order valence-corrected chi connectivity index (χ2v) is 6.48. The fraction of sp³-hybridized carbons (Fsp3) is 0.0769. The van der Waals surface area contributed by atoms with Crippen LogP contribution in [0.4, 0.5) is 18.9 Å². The molecule has 0 saturated heterocycles. The van der Waals surface area contributed by atoms with Crippen molar-refractivity contribution in [1.29, 1.82) is 0 Å². The summed E-state index contributed by atoms with van der Waals surface area (Å²) in [5, 5.41) is 0. The molecular formula is C13H10F3NO2S2. The van der Waals surface area contributed by atoms with Gasteiger partial charge < -0.3 is 0 Å². The lowest BCUT2D eigenvalue weighted by atomic mass is 10.3. The van der Waals surface area contributed by atoms with Crippen LogP contribution in [-0.2, 0) is 10.0 Å². The molecule has 0 bridgehead atoms. The number of halogens is 3. The molecule has 112 valence electrons. The molecule has 0 radical (unpaired) electrons. The topological polar surface area (TPSA) is 46.2 Å². The smallest absolute Gasteiger partial charge is 0.264 e. The Morgan fingerprint density at radius 2 is 1.67 bits per heavy atom. The predicted octanol–water partition coefficient (Wildman–Crippen LogP) is 3.63. The van der Waals surface area contributed by atoms with Gasteiger partial charge in [0.2, 0.25) is 0 Å². The molecule has 0 aliphatic carbocycles.